The van der Waals surface area contributed by atoms with Gasteiger partial charge in [0.2, 0.25) is 0 Å². The third-order valence-corrected chi connectivity index (χ3v) is 11.2. The lowest BCUT2D eigenvalue weighted by Crippen LogP contribution is -2.15. The largest absolute Gasteiger partial charge is 0.308 e. The van der Waals surface area contributed by atoms with Crippen molar-refractivity contribution in [2.24, 2.45) is 15.0 Å². The quantitative estimate of drug-likeness (QED) is 0.115. The summed E-state index contributed by atoms with van der Waals surface area (Å²) in [6, 6.07) is 54.5. The third-order valence-electron chi connectivity index (χ3n) is 11.2. The summed E-state index contributed by atoms with van der Waals surface area (Å²) in [5.41, 5.74) is 14.9. The van der Waals surface area contributed by atoms with E-state index in [1.807, 2.05) is 78.9 Å². The van der Waals surface area contributed by atoms with E-state index in [1.165, 1.54) is 50.4 Å². The standard InChI is InChI=1S/C39H31N3.C15H14N2/c1-5-28-31-13-8-9-16-35(31)42-38(33(28)22-40)27-20-24(23-41-4)19-26(21-27)29-14-10-15-34-36(29)32-18-17-25-11-6-7-12-30(25)37(32)39(34,2)3;1-16-15(14-10-6-3-7-11-14)17-12-13-8-4-2-5-9-13/h5-22,40H,1,4,23H2,2-3H3;2-11H,1,12H2. The minimum Gasteiger partial charge on any atom is -0.308 e. The average Bonchev–Trinajstić information content (AvgIpc) is 3.53. The van der Waals surface area contributed by atoms with Crippen molar-refractivity contribution in [3.63, 3.8) is 0 Å². The number of para-hydroxylation sites is 1. The first-order valence-corrected chi connectivity index (χ1v) is 19.8. The van der Waals surface area contributed by atoms with Crippen LogP contribution in [0.4, 0.5) is 0 Å². The van der Waals surface area contributed by atoms with Gasteiger partial charge < -0.3 is 5.41 Å². The molecule has 0 spiro atoms. The number of aromatic nitrogens is 1. The summed E-state index contributed by atoms with van der Waals surface area (Å²) < 4.78 is 0. The maximum Gasteiger partial charge on any atom is 0.154 e. The molecule has 5 heteroatoms. The molecule has 0 bridgehead atoms. The predicted octanol–water partition coefficient (Wildman–Crippen LogP) is 13.2. The van der Waals surface area contributed by atoms with E-state index in [-0.39, 0.29) is 5.41 Å². The van der Waals surface area contributed by atoms with Gasteiger partial charge in [-0.3, -0.25) is 9.98 Å². The molecule has 1 N–H and O–H groups in total. The van der Waals surface area contributed by atoms with Crippen LogP contribution in [0, 0.1) is 5.41 Å². The van der Waals surface area contributed by atoms with Gasteiger partial charge >= 0.3 is 0 Å². The first kappa shape index (κ1) is 38.5. The number of pyridine rings is 1. The highest BCUT2D eigenvalue weighted by Gasteiger charge is 2.38. The number of fused-ring (bicyclic) bond motifs is 6. The molecule has 9 rings (SSSR count). The monoisotopic (exact) mass is 763 g/mol. The number of aliphatic imine (C=N–C) groups is 3. The Morgan fingerprint density at radius 3 is 2.08 bits per heavy atom. The summed E-state index contributed by atoms with van der Waals surface area (Å²) in [4.78, 5) is 17.8. The molecule has 7 aromatic carbocycles. The number of nitrogens with zero attached hydrogens (tertiary/aromatic N) is 4. The van der Waals surface area contributed by atoms with Gasteiger partial charge in [0.25, 0.3) is 0 Å². The van der Waals surface area contributed by atoms with Crippen LogP contribution in [0.1, 0.15) is 52.8 Å². The number of nitrogens with one attached hydrogen (secondary N) is 1. The molecular formula is C54H45N5. The highest BCUT2D eigenvalue weighted by molar-refractivity contribution is 6.04. The van der Waals surface area contributed by atoms with Crippen molar-refractivity contribution in [3.05, 3.63) is 203 Å². The molecule has 5 nitrogen and oxygen atoms in total. The second kappa shape index (κ2) is 16.6. The van der Waals surface area contributed by atoms with Crippen LogP contribution in [0.2, 0.25) is 0 Å². The van der Waals surface area contributed by atoms with E-state index in [0.29, 0.717) is 18.9 Å². The van der Waals surface area contributed by atoms with Gasteiger partial charge in [0.15, 0.2) is 5.84 Å². The van der Waals surface area contributed by atoms with E-state index in [9.17, 15) is 0 Å². The van der Waals surface area contributed by atoms with E-state index >= 15 is 0 Å². The van der Waals surface area contributed by atoms with Crippen LogP contribution in [0.5, 0.6) is 0 Å². The lowest BCUT2D eigenvalue weighted by Gasteiger charge is -2.23. The van der Waals surface area contributed by atoms with Gasteiger partial charge in [0.1, 0.15) is 0 Å². The smallest absolute Gasteiger partial charge is 0.154 e. The van der Waals surface area contributed by atoms with Gasteiger partial charge in [-0.05, 0) is 98.5 Å². The van der Waals surface area contributed by atoms with Crippen molar-refractivity contribution in [1.82, 2.24) is 4.98 Å². The Hall–Kier alpha value is -7.37. The fourth-order valence-electron chi connectivity index (χ4n) is 8.50. The van der Waals surface area contributed by atoms with Crippen molar-refractivity contribution >= 4 is 53.2 Å². The van der Waals surface area contributed by atoms with Gasteiger partial charge in [-0.1, -0.05) is 160 Å². The van der Waals surface area contributed by atoms with Gasteiger partial charge in [0, 0.05) is 33.7 Å². The molecule has 1 heterocycles. The molecule has 8 aromatic rings. The number of amidine groups is 1. The first-order valence-electron chi connectivity index (χ1n) is 19.8. The van der Waals surface area contributed by atoms with Crippen molar-refractivity contribution in [2.45, 2.75) is 32.4 Å². The van der Waals surface area contributed by atoms with Crippen molar-refractivity contribution in [2.75, 3.05) is 0 Å². The van der Waals surface area contributed by atoms with E-state index < -0.39 is 0 Å². The molecule has 0 unspecified atom stereocenters. The van der Waals surface area contributed by atoms with Gasteiger partial charge in [-0.2, -0.15) is 0 Å². The zero-order valence-electron chi connectivity index (χ0n) is 33.5. The van der Waals surface area contributed by atoms with Crippen LogP contribution < -0.4 is 0 Å². The van der Waals surface area contributed by atoms with Crippen LogP contribution in [-0.4, -0.2) is 30.5 Å². The van der Waals surface area contributed by atoms with Crippen LogP contribution in [-0.2, 0) is 18.5 Å². The van der Waals surface area contributed by atoms with Crippen molar-refractivity contribution in [3.8, 4) is 33.5 Å². The highest BCUT2D eigenvalue weighted by Crippen LogP contribution is 2.54. The Labute approximate surface area is 346 Å². The molecule has 0 fully saturated rings. The third kappa shape index (κ3) is 7.35. The second-order valence-electron chi connectivity index (χ2n) is 15.2. The Kier molecular flexibility index (Phi) is 10.8. The fraction of sp³-hybridized carbons (Fsp3) is 0.0926. The molecular weight excluding hydrogens is 719 g/mol. The molecule has 0 aliphatic heterocycles. The molecule has 0 saturated heterocycles. The molecule has 1 aliphatic rings. The van der Waals surface area contributed by atoms with E-state index in [1.54, 1.807) is 0 Å². The topological polar surface area (TPSA) is 73.8 Å². The molecule has 1 aliphatic carbocycles. The summed E-state index contributed by atoms with van der Waals surface area (Å²) in [6.45, 7) is 17.2. The Morgan fingerprint density at radius 1 is 0.661 bits per heavy atom. The molecule has 0 radical (unpaired) electrons. The average molecular weight is 764 g/mol. The maximum absolute atomic E-state index is 8.36. The van der Waals surface area contributed by atoms with Crippen molar-refractivity contribution < 1.29 is 0 Å². The normalized spacial score (nSPS) is 12.5. The number of hydrogen-bond acceptors (Lipinski definition) is 4. The summed E-state index contributed by atoms with van der Waals surface area (Å²) >= 11 is 0. The lowest BCUT2D eigenvalue weighted by molar-refractivity contribution is 0.666. The van der Waals surface area contributed by atoms with E-state index in [4.69, 9.17) is 10.4 Å². The minimum absolute atomic E-state index is 0.142. The van der Waals surface area contributed by atoms with Gasteiger partial charge in [-0.25, -0.2) is 9.98 Å². The Balaban J connectivity index is 0.000000238. The van der Waals surface area contributed by atoms with E-state index in [0.717, 1.165) is 50.0 Å². The zero-order chi connectivity index (χ0) is 40.9. The van der Waals surface area contributed by atoms with Crippen LogP contribution in [0.25, 0.3) is 61.3 Å². The van der Waals surface area contributed by atoms with Gasteiger partial charge in [-0.15, -0.1) is 0 Å². The fourth-order valence-corrected chi connectivity index (χ4v) is 8.50. The molecule has 0 saturated carbocycles. The molecule has 0 atom stereocenters. The predicted molar refractivity (Wildman–Crippen MR) is 252 cm³/mol. The van der Waals surface area contributed by atoms with Crippen LogP contribution in [0.3, 0.4) is 0 Å². The van der Waals surface area contributed by atoms with E-state index in [2.05, 4.69) is 134 Å². The van der Waals surface area contributed by atoms with Crippen LogP contribution in [0.15, 0.2) is 179 Å². The summed E-state index contributed by atoms with van der Waals surface area (Å²) in [6.07, 6.45) is 3.23. The minimum atomic E-state index is -0.142. The SMILES string of the molecule is C=Cc1c(C=N)c(-c2cc(CN=C)cc(-c3cccc4c3-c3ccc5ccccc5c3C4(C)C)c2)nc2ccccc12.C=NC(=NCc1ccccc1)c1ccccc1. The summed E-state index contributed by atoms with van der Waals surface area (Å²) in [5.74, 6) is 0.689. The first-order chi connectivity index (χ1) is 28.9. The lowest BCUT2D eigenvalue weighted by atomic mass is 9.80. The molecule has 0 amide bonds. The Bertz CT molecular complexity index is 2920. The summed E-state index contributed by atoms with van der Waals surface area (Å²) in [7, 11) is 0. The molecule has 59 heavy (non-hydrogen) atoms. The number of benzene rings is 7. The zero-order valence-corrected chi connectivity index (χ0v) is 33.5. The number of hydrogen-bond donors (Lipinski definition) is 1. The van der Waals surface area contributed by atoms with Gasteiger partial charge in [0.05, 0.1) is 24.3 Å². The Morgan fingerprint density at radius 2 is 1.36 bits per heavy atom. The maximum atomic E-state index is 8.36. The highest BCUT2D eigenvalue weighted by atomic mass is 14.9. The van der Waals surface area contributed by atoms with Crippen molar-refractivity contribution in [1.29, 1.82) is 5.41 Å². The number of rotatable bonds is 9. The molecule has 1 aromatic heterocycles. The molecule has 286 valence electrons. The summed E-state index contributed by atoms with van der Waals surface area (Å²) in [5, 5.41) is 11.9. The second-order valence-corrected chi connectivity index (χ2v) is 15.2. The van der Waals surface area contributed by atoms with Crippen LogP contribution >= 0.6 is 0 Å².